The molecule has 1 unspecified atom stereocenters. The summed E-state index contributed by atoms with van der Waals surface area (Å²) in [5, 5.41) is 3.83. The number of halogens is 3. The Morgan fingerprint density at radius 3 is 2.56 bits per heavy atom. The molecule has 184 valence electrons. The Hall–Kier alpha value is -2.56. The summed E-state index contributed by atoms with van der Waals surface area (Å²) in [4.78, 5) is 30.4. The normalized spacial score (nSPS) is 20.6. The van der Waals surface area contributed by atoms with Gasteiger partial charge in [0, 0.05) is 36.5 Å². The number of nitrogens with one attached hydrogen (secondary N) is 1. The van der Waals surface area contributed by atoms with Crippen LogP contribution in [0.15, 0.2) is 5.38 Å². The molecule has 1 N–H and O–H groups in total. The lowest BCUT2D eigenvalue weighted by molar-refractivity contribution is -0.137. The SMILES string of the molecule is CNC(=O)c1csc2c(C(F)(F)F)c(C)c(OC3CC4(C3)CN(C(=O)OC(C)C3CC3)C4)nc12. The van der Waals surface area contributed by atoms with Gasteiger partial charge in [0.15, 0.2) is 0 Å². The van der Waals surface area contributed by atoms with E-state index >= 15 is 0 Å². The Labute approximate surface area is 198 Å². The second-order valence-electron chi connectivity index (χ2n) is 9.75. The molecule has 1 saturated heterocycles. The van der Waals surface area contributed by atoms with E-state index in [0.717, 1.165) is 24.2 Å². The molecule has 1 spiro atoms. The Kier molecular flexibility index (Phi) is 5.46. The number of alkyl halides is 3. The molecule has 3 aliphatic rings. The highest BCUT2D eigenvalue weighted by Gasteiger charge is 2.55. The van der Waals surface area contributed by atoms with E-state index in [9.17, 15) is 22.8 Å². The minimum absolute atomic E-state index is 0.00587. The summed E-state index contributed by atoms with van der Waals surface area (Å²) in [6.07, 6.45) is -1.82. The molecule has 0 radical (unpaired) electrons. The highest BCUT2D eigenvalue weighted by Crippen LogP contribution is 2.51. The van der Waals surface area contributed by atoms with Gasteiger partial charge in [0.05, 0.1) is 21.3 Å². The molecule has 0 bridgehead atoms. The van der Waals surface area contributed by atoms with E-state index in [1.54, 1.807) is 4.90 Å². The first-order valence-electron chi connectivity index (χ1n) is 11.3. The van der Waals surface area contributed by atoms with Crippen molar-refractivity contribution in [2.24, 2.45) is 11.3 Å². The zero-order valence-electron chi connectivity index (χ0n) is 19.1. The summed E-state index contributed by atoms with van der Waals surface area (Å²) >= 11 is 0.849. The lowest BCUT2D eigenvalue weighted by atomic mass is 9.62. The van der Waals surface area contributed by atoms with Crippen molar-refractivity contribution in [3.63, 3.8) is 0 Å². The van der Waals surface area contributed by atoms with Crippen molar-refractivity contribution >= 4 is 33.6 Å². The molecule has 2 aliphatic carbocycles. The van der Waals surface area contributed by atoms with Gasteiger partial charge in [-0.2, -0.15) is 13.2 Å². The minimum Gasteiger partial charge on any atom is -0.474 e. The predicted octanol–water partition coefficient (Wildman–Crippen LogP) is 4.76. The van der Waals surface area contributed by atoms with Crippen LogP contribution in [0.4, 0.5) is 18.0 Å². The van der Waals surface area contributed by atoms with Gasteiger partial charge >= 0.3 is 12.3 Å². The van der Waals surface area contributed by atoms with Crippen LogP contribution in [0.1, 0.15) is 54.1 Å². The first kappa shape index (κ1) is 23.2. The number of ether oxygens (including phenoxy) is 2. The van der Waals surface area contributed by atoms with E-state index < -0.39 is 17.6 Å². The minimum atomic E-state index is -4.61. The molecule has 34 heavy (non-hydrogen) atoms. The van der Waals surface area contributed by atoms with Gasteiger partial charge in [-0.15, -0.1) is 11.3 Å². The van der Waals surface area contributed by atoms with E-state index in [1.807, 2.05) is 6.92 Å². The molecule has 2 aromatic rings. The fraction of sp³-hybridized carbons (Fsp3) is 0.609. The van der Waals surface area contributed by atoms with Crippen molar-refractivity contribution in [2.75, 3.05) is 20.1 Å². The fourth-order valence-electron chi connectivity index (χ4n) is 5.05. The Morgan fingerprint density at radius 1 is 1.29 bits per heavy atom. The van der Waals surface area contributed by atoms with E-state index in [-0.39, 0.29) is 50.9 Å². The van der Waals surface area contributed by atoms with Crippen molar-refractivity contribution in [3.8, 4) is 5.88 Å². The Balaban J connectivity index is 1.28. The van der Waals surface area contributed by atoms with Gasteiger partial charge in [0.1, 0.15) is 12.2 Å². The number of thiophene rings is 1. The second-order valence-corrected chi connectivity index (χ2v) is 10.6. The molecule has 5 rings (SSSR count). The number of hydrogen-bond donors (Lipinski definition) is 1. The zero-order valence-corrected chi connectivity index (χ0v) is 19.9. The quantitative estimate of drug-likeness (QED) is 0.644. The van der Waals surface area contributed by atoms with E-state index in [2.05, 4.69) is 10.3 Å². The number of rotatable bonds is 5. The van der Waals surface area contributed by atoms with Crippen molar-refractivity contribution in [2.45, 2.75) is 57.9 Å². The third kappa shape index (κ3) is 3.97. The van der Waals surface area contributed by atoms with Crippen LogP contribution < -0.4 is 10.1 Å². The number of nitrogens with zero attached hydrogens (tertiary/aromatic N) is 2. The van der Waals surface area contributed by atoms with Crippen LogP contribution in [0.2, 0.25) is 0 Å². The molecule has 7 nitrogen and oxygen atoms in total. The van der Waals surface area contributed by atoms with Gasteiger partial charge in [-0.3, -0.25) is 4.79 Å². The van der Waals surface area contributed by atoms with Gasteiger partial charge in [-0.1, -0.05) is 0 Å². The number of carbonyl (C=O) groups is 2. The number of aromatic nitrogens is 1. The highest BCUT2D eigenvalue weighted by atomic mass is 32.1. The Bertz CT molecular complexity index is 1150. The molecule has 3 fully saturated rings. The van der Waals surface area contributed by atoms with Crippen LogP contribution in [-0.4, -0.2) is 54.2 Å². The molecule has 2 saturated carbocycles. The summed E-state index contributed by atoms with van der Waals surface area (Å²) in [7, 11) is 1.42. The van der Waals surface area contributed by atoms with Gasteiger partial charge in [0.2, 0.25) is 5.88 Å². The number of likely N-dealkylation sites (tertiary alicyclic amines) is 1. The number of fused-ring (bicyclic) bond motifs is 1. The van der Waals surface area contributed by atoms with Gasteiger partial charge in [-0.05, 0) is 45.4 Å². The molecular weight excluding hydrogens is 471 g/mol. The van der Waals surface area contributed by atoms with Gasteiger partial charge in [0.25, 0.3) is 5.91 Å². The monoisotopic (exact) mass is 497 g/mol. The third-order valence-corrected chi connectivity index (χ3v) is 8.13. The van der Waals surface area contributed by atoms with E-state index in [1.165, 1.54) is 19.4 Å². The zero-order chi connectivity index (χ0) is 24.4. The van der Waals surface area contributed by atoms with Crippen LogP contribution in [-0.2, 0) is 10.9 Å². The van der Waals surface area contributed by atoms with Crippen LogP contribution in [0.3, 0.4) is 0 Å². The van der Waals surface area contributed by atoms with E-state index in [0.29, 0.717) is 31.8 Å². The molecule has 11 heteroatoms. The smallest absolute Gasteiger partial charge is 0.418 e. The van der Waals surface area contributed by atoms with Crippen molar-refractivity contribution in [3.05, 3.63) is 22.1 Å². The summed E-state index contributed by atoms with van der Waals surface area (Å²) < 4.78 is 53.1. The number of amides is 2. The van der Waals surface area contributed by atoms with Gasteiger partial charge in [-0.25, -0.2) is 9.78 Å². The summed E-state index contributed by atoms with van der Waals surface area (Å²) in [5.74, 6) is -0.124. The molecule has 1 atom stereocenters. The first-order valence-corrected chi connectivity index (χ1v) is 12.2. The second kappa shape index (κ2) is 8.00. The molecule has 2 aromatic heterocycles. The first-order chi connectivity index (χ1) is 16.0. The maximum atomic E-state index is 13.9. The Morgan fingerprint density at radius 2 is 1.97 bits per heavy atom. The average molecular weight is 498 g/mol. The largest absolute Gasteiger partial charge is 0.474 e. The number of carbonyl (C=O) groups excluding carboxylic acids is 2. The van der Waals surface area contributed by atoms with Crippen molar-refractivity contribution in [1.29, 1.82) is 0 Å². The van der Waals surface area contributed by atoms with E-state index in [4.69, 9.17) is 9.47 Å². The molecular formula is C23H26F3N3O4S. The lowest BCUT2D eigenvalue weighted by Gasteiger charge is -2.57. The fourth-order valence-corrected chi connectivity index (χ4v) is 6.16. The highest BCUT2D eigenvalue weighted by molar-refractivity contribution is 7.17. The average Bonchev–Trinajstić information content (AvgIpc) is 3.48. The van der Waals surface area contributed by atoms with Crippen LogP contribution in [0.25, 0.3) is 10.2 Å². The van der Waals surface area contributed by atoms with Crippen LogP contribution in [0.5, 0.6) is 5.88 Å². The van der Waals surface area contributed by atoms with Crippen molar-refractivity contribution in [1.82, 2.24) is 15.2 Å². The topological polar surface area (TPSA) is 80.8 Å². The number of hydrogen-bond acceptors (Lipinski definition) is 6. The summed E-state index contributed by atoms with van der Waals surface area (Å²) in [6, 6.07) is 0. The molecule has 0 aromatic carbocycles. The summed E-state index contributed by atoms with van der Waals surface area (Å²) in [5.41, 5.74) is -0.888. The van der Waals surface area contributed by atoms with Gasteiger partial charge < -0.3 is 19.7 Å². The molecule has 2 amide bonds. The third-order valence-electron chi connectivity index (χ3n) is 7.14. The molecule has 1 aliphatic heterocycles. The van der Waals surface area contributed by atoms with Crippen LogP contribution >= 0.6 is 11.3 Å². The van der Waals surface area contributed by atoms with Crippen molar-refractivity contribution < 1.29 is 32.2 Å². The maximum Gasteiger partial charge on any atom is 0.418 e. The van der Waals surface area contributed by atoms with Crippen LogP contribution in [0, 0.1) is 18.3 Å². The maximum absolute atomic E-state index is 13.9. The molecule has 3 heterocycles. The standard InChI is InChI=1S/C23H26F3N3O4S/c1-11-16(23(24,25)26)18-17(15(8-34-18)19(30)27-3)28-20(11)33-14-6-22(7-14)9-29(10-22)21(31)32-12(2)13-4-5-13/h8,12-14H,4-7,9-10H2,1-3H3,(H,27,30). The lowest BCUT2D eigenvalue weighted by Crippen LogP contribution is -2.66. The predicted molar refractivity (Wildman–Crippen MR) is 119 cm³/mol. The number of pyridine rings is 1. The summed E-state index contributed by atoms with van der Waals surface area (Å²) in [6.45, 7) is 4.39.